The van der Waals surface area contributed by atoms with Crippen LogP contribution in [-0.2, 0) is 6.54 Å². The number of carbonyl (C=O) groups excluding carboxylic acids is 3. The van der Waals surface area contributed by atoms with Gasteiger partial charge in [0.05, 0.1) is 17.7 Å². The molecular formula is C16H14N2O4. The summed E-state index contributed by atoms with van der Waals surface area (Å²) in [6.07, 6.45) is 0. The second-order valence-corrected chi connectivity index (χ2v) is 5.21. The van der Waals surface area contributed by atoms with Crippen LogP contribution in [0.5, 0.6) is 0 Å². The Hall–Kier alpha value is -2.89. The number of hydrogen-bond acceptors (Lipinski definition) is 4. The molecule has 3 rings (SSSR count). The Morgan fingerprint density at radius 3 is 2.18 bits per heavy atom. The lowest BCUT2D eigenvalue weighted by Crippen LogP contribution is -2.28. The molecule has 0 saturated carbocycles. The van der Waals surface area contributed by atoms with E-state index in [1.807, 2.05) is 0 Å². The third kappa shape index (κ3) is 2.18. The molecule has 0 radical (unpaired) electrons. The van der Waals surface area contributed by atoms with Crippen LogP contribution in [0.3, 0.4) is 0 Å². The van der Waals surface area contributed by atoms with Crippen molar-refractivity contribution in [1.82, 2.24) is 9.80 Å². The van der Waals surface area contributed by atoms with Gasteiger partial charge in [-0.1, -0.05) is 12.1 Å². The molecule has 0 bridgehead atoms. The Labute approximate surface area is 126 Å². The number of rotatable bonds is 3. The van der Waals surface area contributed by atoms with Crippen molar-refractivity contribution in [1.29, 1.82) is 0 Å². The Kier molecular flexibility index (Phi) is 3.29. The van der Waals surface area contributed by atoms with Crippen molar-refractivity contribution in [2.45, 2.75) is 6.54 Å². The molecule has 0 N–H and O–H groups in total. The molecule has 1 aliphatic heterocycles. The van der Waals surface area contributed by atoms with Gasteiger partial charge >= 0.3 is 0 Å². The van der Waals surface area contributed by atoms with Crippen LogP contribution < -0.4 is 0 Å². The van der Waals surface area contributed by atoms with E-state index in [0.29, 0.717) is 16.9 Å². The van der Waals surface area contributed by atoms with Crippen molar-refractivity contribution < 1.29 is 18.8 Å². The minimum absolute atomic E-state index is 0.00700. The molecule has 1 aliphatic rings. The van der Waals surface area contributed by atoms with Crippen molar-refractivity contribution in [2.75, 3.05) is 14.1 Å². The third-order valence-electron chi connectivity index (χ3n) is 3.47. The van der Waals surface area contributed by atoms with Crippen LogP contribution >= 0.6 is 0 Å². The molecule has 1 aromatic heterocycles. The zero-order valence-electron chi connectivity index (χ0n) is 12.2. The van der Waals surface area contributed by atoms with Crippen LogP contribution in [0.25, 0.3) is 0 Å². The topological polar surface area (TPSA) is 70.8 Å². The summed E-state index contributed by atoms with van der Waals surface area (Å²) in [5.41, 5.74) is 0.785. The standard InChI is InChI=1S/C16H14N2O4/c1-17(2)16(21)13-8-7-10(22-13)9-18-14(19)11-5-3-4-6-12(11)15(18)20/h3-8H,9H2,1-2H3. The van der Waals surface area contributed by atoms with Gasteiger partial charge in [-0.2, -0.15) is 0 Å². The van der Waals surface area contributed by atoms with Crippen molar-refractivity contribution in [3.05, 3.63) is 59.0 Å². The minimum Gasteiger partial charge on any atom is -0.454 e. The van der Waals surface area contributed by atoms with E-state index in [0.717, 1.165) is 4.90 Å². The zero-order chi connectivity index (χ0) is 15.9. The van der Waals surface area contributed by atoms with Crippen LogP contribution in [0.2, 0.25) is 0 Å². The van der Waals surface area contributed by atoms with Gasteiger partial charge in [-0.05, 0) is 24.3 Å². The van der Waals surface area contributed by atoms with Crippen LogP contribution in [-0.4, -0.2) is 41.6 Å². The highest BCUT2D eigenvalue weighted by atomic mass is 16.4. The maximum atomic E-state index is 12.2. The van der Waals surface area contributed by atoms with Gasteiger partial charge in [0, 0.05) is 14.1 Å². The molecule has 0 spiro atoms. The lowest BCUT2D eigenvalue weighted by Gasteiger charge is -2.11. The van der Waals surface area contributed by atoms with Crippen molar-refractivity contribution >= 4 is 17.7 Å². The number of benzene rings is 1. The van der Waals surface area contributed by atoms with Gasteiger partial charge in [0.2, 0.25) is 0 Å². The summed E-state index contributed by atoms with van der Waals surface area (Å²) in [6.45, 7) is 0.00700. The maximum absolute atomic E-state index is 12.2. The van der Waals surface area contributed by atoms with Gasteiger partial charge in [-0.3, -0.25) is 19.3 Å². The Balaban J connectivity index is 1.82. The molecule has 2 aromatic rings. The number of nitrogens with zero attached hydrogens (tertiary/aromatic N) is 2. The highest BCUT2D eigenvalue weighted by molar-refractivity contribution is 6.21. The number of amides is 3. The van der Waals surface area contributed by atoms with Crippen LogP contribution in [0.15, 0.2) is 40.8 Å². The highest BCUT2D eigenvalue weighted by Crippen LogP contribution is 2.24. The predicted octanol–water partition coefficient (Wildman–Crippen LogP) is 1.78. The Morgan fingerprint density at radius 2 is 1.64 bits per heavy atom. The average Bonchev–Trinajstić information content (AvgIpc) is 3.06. The molecule has 6 heteroatoms. The summed E-state index contributed by atoms with van der Waals surface area (Å²) in [5.74, 6) is -0.403. The minimum atomic E-state index is -0.350. The Morgan fingerprint density at radius 1 is 1.05 bits per heavy atom. The molecule has 0 saturated heterocycles. The lowest BCUT2D eigenvalue weighted by molar-refractivity contribution is 0.0630. The number of furan rings is 1. The molecule has 0 unspecified atom stereocenters. The molecular weight excluding hydrogens is 284 g/mol. The smallest absolute Gasteiger partial charge is 0.289 e. The molecule has 0 atom stereocenters. The maximum Gasteiger partial charge on any atom is 0.289 e. The van der Waals surface area contributed by atoms with E-state index in [1.54, 1.807) is 44.4 Å². The van der Waals surface area contributed by atoms with Gasteiger partial charge < -0.3 is 9.32 Å². The zero-order valence-corrected chi connectivity index (χ0v) is 12.2. The lowest BCUT2D eigenvalue weighted by atomic mass is 10.1. The quantitative estimate of drug-likeness (QED) is 0.810. The van der Waals surface area contributed by atoms with Gasteiger partial charge in [-0.25, -0.2) is 0 Å². The summed E-state index contributed by atoms with van der Waals surface area (Å²) in [7, 11) is 3.24. The van der Waals surface area contributed by atoms with E-state index < -0.39 is 0 Å². The molecule has 6 nitrogen and oxygen atoms in total. The monoisotopic (exact) mass is 298 g/mol. The Bertz CT molecular complexity index is 741. The first-order valence-corrected chi connectivity index (χ1v) is 6.74. The van der Waals surface area contributed by atoms with Gasteiger partial charge in [0.1, 0.15) is 5.76 Å². The van der Waals surface area contributed by atoms with Crippen molar-refractivity contribution in [3.8, 4) is 0 Å². The van der Waals surface area contributed by atoms with Crippen LogP contribution in [0, 0.1) is 0 Å². The van der Waals surface area contributed by atoms with E-state index in [9.17, 15) is 14.4 Å². The largest absolute Gasteiger partial charge is 0.454 e. The average molecular weight is 298 g/mol. The summed E-state index contributed by atoms with van der Waals surface area (Å²) in [4.78, 5) is 38.8. The van der Waals surface area contributed by atoms with E-state index in [4.69, 9.17) is 4.42 Å². The predicted molar refractivity (Wildman–Crippen MR) is 77.4 cm³/mol. The normalized spacial score (nSPS) is 13.5. The van der Waals surface area contributed by atoms with E-state index >= 15 is 0 Å². The first-order valence-electron chi connectivity index (χ1n) is 6.74. The number of hydrogen-bond donors (Lipinski definition) is 0. The van der Waals surface area contributed by atoms with E-state index in [1.165, 1.54) is 11.0 Å². The summed E-state index contributed by atoms with van der Waals surface area (Å²) in [5, 5.41) is 0. The van der Waals surface area contributed by atoms with Crippen molar-refractivity contribution in [3.63, 3.8) is 0 Å². The fraction of sp³-hybridized carbons (Fsp3) is 0.188. The van der Waals surface area contributed by atoms with Crippen LogP contribution in [0.4, 0.5) is 0 Å². The van der Waals surface area contributed by atoms with Gasteiger partial charge in [-0.15, -0.1) is 0 Å². The van der Waals surface area contributed by atoms with E-state index in [-0.39, 0.29) is 30.0 Å². The molecule has 112 valence electrons. The molecule has 22 heavy (non-hydrogen) atoms. The van der Waals surface area contributed by atoms with Gasteiger partial charge in [0.15, 0.2) is 5.76 Å². The molecule has 2 heterocycles. The summed E-state index contributed by atoms with van der Waals surface area (Å²) in [6, 6.07) is 9.82. The number of imide groups is 1. The summed E-state index contributed by atoms with van der Waals surface area (Å²) >= 11 is 0. The van der Waals surface area contributed by atoms with Crippen LogP contribution in [0.1, 0.15) is 37.0 Å². The molecule has 1 aromatic carbocycles. The second-order valence-electron chi connectivity index (χ2n) is 5.21. The molecule has 0 fully saturated rings. The second kappa shape index (κ2) is 5.14. The molecule has 3 amide bonds. The first-order chi connectivity index (χ1) is 10.5. The van der Waals surface area contributed by atoms with Crippen molar-refractivity contribution in [2.24, 2.45) is 0 Å². The third-order valence-corrected chi connectivity index (χ3v) is 3.47. The highest BCUT2D eigenvalue weighted by Gasteiger charge is 2.35. The fourth-order valence-electron chi connectivity index (χ4n) is 2.34. The number of carbonyl (C=O) groups is 3. The SMILES string of the molecule is CN(C)C(=O)c1ccc(CN2C(=O)c3ccccc3C2=O)o1. The summed E-state index contributed by atoms with van der Waals surface area (Å²) < 4.78 is 5.43. The fourth-order valence-corrected chi connectivity index (χ4v) is 2.34. The number of fused-ring (bicyclic) bond motifs is 1. The van der Waals surface area contributed by atoms with E-state index in [2.05, 4.69) is 0 Å². The molecule has 0 aliphatic carbocycles. The van der Waals surface area contributed by atoms with Gasteiger partial charge in [0.25, 0.3) is 17.7 Å². The first kappa shape index (κ1) is 14.1.